The highest BCUT2D eigenvalue weighted by atomic mass is 127. The van der Waals surface area contributed by atoms with E-state index in [-0.39, 0.29) is 24.0 Å². The quantitative estimate of drug-likeness (QED) is 0.410. The van der Waals surface area contributed by atoms with Gasteiger partial charge in [-0.05, 0) is 36.2 Å². The molecule has 8 heteroatoms. The van der Waals surface area contributed by atoms with E-state index < -0.39 is 11.6 Å². The summed E-state index contributed by atoms with van der Waals surface area (Å²) in [7, 11) is 1.75. The van der Waals surface area contributed by atoms with Crippen molar-refractivity contribution in [1.82, 2.24) is 15.2 Å². The van der Waals surface area contributed by atoms with Crippen LogP contribution in [-0.2, 0) is 6.42 Å². The third kappa shape index (κ3) is 6.02. The smallest absolute Gasteiger partial charge is 0.193 e. The number of nitrogens with one attached hydrogen (secondary N) is 1. The van der Waals surface area contributed by atoms with E-state index in [2.05, 4.69) is 25.1 Å². The van der Waals surface area contributed by atoms with Crippen molar-refractivity contribution in [2.45, 2.75) is 6.42 Å². The van der Waals surface area contributed by atoms with Gasteiger partial charge in [-0.25, -0.2) is 13.8 Å². The number of benzene rings is 1. The van der Waals surface area contributed by atoms with Crippen molar-refractivity contribution in [2.75, 3.05) is 44.7 Å². The second-order valence-electron chi connectivity index (χ2n) is 6.16. The summed E-state index contributed by atoms with van der Waals surface area (Å²) in [6.45, 7) is 3.98. The number of aromatic nitrogens is 1. The number of halogens is 3. The van der Waals surface area contributed by atoms with Crippen LogP contribution >= 0.6 is 24.0 Å². The molecule has 1 aromatic carbocycles. The molecule has 1 aliphatic heterocycles. The second kappa shape index (κ2) is 10.4. The van der Waals surface area contributed by atoms with Crippen LogP contribution in [0.5, 0.6) is 0 Å². The van der Waals surface area contributed by atoms with Gasteiger partial charge in [0.05, 0.1) is 0 Å². The molecule has 1 aromatic heterocycles. The average molecular weight is 487 g/mol. The first-order valence-corrected chi connectivity index (χ1v) is 8.72. The Bertz CT molecular complexity index is 729. The number of aliphatic imine (C=N–C) groups is 1. The van der Waals surface area contributed by atoms with Crippen molar-refractivity contribution in [3.8, 4) is 0 Å². The van der Waals surface area contributed by atoms with E-state index in [1.54, 1.807) is 13.2 Å². The fourth-order valence-corrected chi connectivity index (χ4v) is 3.09. The lowest BCUT2D eigenvalue weighted by atomic mass is 10.1. The molecule has 27 heavy (non-hydrogen) atoms. The van der Waals surface area contributed by atoms with E-state index >= 15 is 0 Å². The Kier molecular flexibility index (Phi) is 8.21. The zero-order valence-electron chi connectivity index (χ0n) is 15.2. The number of hydrogen-bond acceptors (Lipinski definition) is 3. The molecule has 1 saturated heterocycles. The van der Waals surface area contributed by atoms with Crippen molar-refractivity contribution in [2.24, 2.45) is 4.99 Å². The summed E-state index contributed by atoms with van der Waals surface area (Å²) in [6.07, 6.45) is 2.33. The summed E-state index contributed by atoms with van der Waals surface area (Å²) in [5, 5.41) is 3.28. The Balaban J connectivity index is 0.00000261. The minimum atomic E-state index is -0.546. The zero-order valence-corrected chi connectivity index (χ0v) is 17.6. The van der Waals surface area contributed by atoms with Crippen molar-refractivity contribution in [3.05, 3.63) is 59.8 Å². The molecular formula is C19H24F2IN5. The lowest BCUT2D eigenvalue weighted by Crippen LogP contribution is -2.53. The number of anilines is 1. The Morgan fingerprint density at radius 2 is 1.81 bits per heavy atom. The van der Waals surface area contributed by atoms with Gasteiger partial charge in [-0.1, -0.05) is 6.07 Å². The fourth-order valence-electron chi connectivity index (χ4n) is 3.09. The molecule has 146 valence electrons. The van der Waals surface area contributed by atoms with Gasteiger partial charge in [0.2, 0.25) is 0 Å². The van der Waals surface area contributed by atoms with Gasteiger partial charge in [0.25, 0.3) is 0 Å². The first-order chi connectivity index (χ1) is 12.7. The van der Waals surface area contributed by atoms with Gasteiger partial charge in [0.1, 0.15) is 17.5 Å². The molecule has 2 heterocycles. The minimum Gasteiger partial charge on any atom is -0.356 e. The summed E-state index contributed by atoms with van der Waals surface area (Å²) in [4.78, 5) is 13.2. The van der Waals surface area contributed by atoms with E-state index in [9.17, 15) is 8.78 Å². The van der Waals surface area contributed by atoms with Crippen LogP contribution in [0.1, 0.15) is 5.56 Å². The summed E-state index contributed by atoms with van der Waals surface area (Å²) >= 11 is 0. The van der Waals surface area contributed by atoms with Crippen molar-refractivity contribution < 1.29 is 8.78 Å². The molecule has 0 amide bonds. The highest BCUT2D eigenvalue weighted by Crippen LogP contribution is 2.12. The van der Waals surface area contributed by atoms with E-state index in [0.717, 1.165) is 44.0 Å². The fraction of sp³-hybridized carbons (Fsp3) is 0.368. The highest BCUT2D eigenvalue weighted by molar-refractivity contribution is 14.0. The third-order valence-corrected chi connectivity index (χ3v) is 4.38. The number of guanidine groups is 1. The first kappa shape index (κ1) is 21.3. The molecule has 3 rings (SSSR count). The van der Waals surface area contributed by atoms with Crippen LogP contribution in [0, 0.1) is 11.6 Å². The predicted octanol–water partition coefficient (Wildman–Crippen LogP) is 2.92. The van der Waals surface area contributed by atoms with Gasteiger partial charge < -0.3 is 15.1 Å². The molecule has 0 saturated carbocycles. The maximum absolute atomic E-state index is 13.2. The maximum atomic E-state index is 13.2. The van der Waals surface area contributed by atoms with Gasteiger partial charge in [0.15, 0.2) is 5.96 Å². The van der Waals surface area contributed by atoms with E-state index in [1.165, 1.54) is 12.1 Å². The molecule has 1 aliphatic rings. The third-order valence-electron chi connectivity index (χ3n) is 4.38. The Labute approximate surface area is 175 Å². The SMILES string of the molecule is CN=C(NCCc1cc(F)cc(F)c1)N1CCN(c2ccccn2)CC1.I. The van der Waals surface area contributed by atoms with Crippen LogP contribution in [0.25, 0.3) is 0 Å². The van der Waals surface area contributed by atoms with Gasteiger partial charge in [-0.3, -0.25) is 4.99 Å². The molecule has 0 aliphatic carbocycles. The molecule has 1 fully saturated rings. The van der Waals surface area contributed by atoms with E-state index in [1.807, 2.05) is 18.2 Å². The molecule has 1 N–H and O–H groups in total. The van der Waals surface area contributed by atoms with Crippen molar-refractivity contribution >= 4 is 35.8 Å². The summed E-state index contributed by atoms with van der Waals surface area (Å²) in [5.74, 6) is 0.704. The molecular weight excluding hydrogens is 463 g/mol. The Morgan fingerprint density at radius 1 is 1.11 bits per heavy atom. The number of hydrogen-bond donors (Lipinski definition) is 1. The van der Waals surface area contributed by atoms with Crippen LogP contribution in [0.4, 0.5) is 14.6 Å². The van der Waals surface area contributed by atoms with E-state index in [4.69, 9.17) is 0 Å². The molecule has 0 spiro atoms. The van der Waals surface area contributed by atoms with Crippen molar-refractivity contribution in [1.29, 1.82) is 0 Å². The first-order valence-electron chi connectivity index (χ1n) is 8.72. The van der Waals surface area contributed by atoms with Crippen molar-refractivity contribution in [3.63, 3.8) is 0 Å². The molecule has 0 bridgehead atoms. The predicted molar refractivity (Wildman–Crippen MR) is 115 cm³/mol. The topological polar surface area (TPSA) is 43.8 Å². The van der Waals surface area contributed by atoms with Gasteiger partial charge >= 0.3 is 0 Å². The largest absolute Gasteiger partial charge is 0.356 e. The Hall–Kier alpha value is -1.97. The molecule has 0 atom stereocenters. The summed E-state index contributed by atoms with van der Waals surface area (Å²) in [6, 6.07) is 9.52. The number of nitrogens with zero attached hydrogens (tertiary/aromatic N) is 4. The number of piperazine rings is 1. The van der Waals surface area contributed by atoms with E-state index in [0.29, 0.717) is 18.5 Å². The lowest BCUT2D eigenvalue weighted by molar-refractivity contribution is 0.372. The molecule has 2 aromatic rings. The molecule has 0 radical (unpaired) electrons. The minimum absolute atomic E-state index is 0. The number of pyridine rings is 1. The lowest BCUT2D eigenvalue weighted by Gasteiger charge is -2.37. The number of rotatable bonds is 4. The average Bonchev–Trinajstić information content (AvgIpc) is 2.65. The normalized spacial score (nSPS) is 14.7. The highest BCUT2D eigenvalue weighted by Gasteiger charge is 2.20. The second-order valence-corrected chi connectivity index (χ2v) is 6.16. The van der Waals surface area contributed by atoms with Crippen LogP contribution in [0.2, 0.25) is 0 Å². The van der Waals surface area contributed by atoms with Crippen LogP contribution in [-0.4, -0.2) is 55.6 Å². The van der Waals surface area contributed by atoms with Gasteiger partial charge in [-0.2, -0.15) is 0 Å². The zero-order chi connectivity index (χ0) is 18.4. The summed E-state index contributed by atoms with van der Waals surface area (Å²) in [5.41, 5.74) is 0.630. The summed E-state index contributed by atoms with van der Waals surface area (Å²) < 4.78 is 26.5. The Morgan fingerprint density at radius 3 is 2.41 bits per heavy atom. The van der Waals surface area contributed by atoms with Gasteiger partial charge in [0, 0.05) is 52.0 Å². The monoisotopic (exact) mass is 487 g/mol. The van der Waals surface area contributed by atoms with Crippen LogP contribution < -0.4 is 10.2 Å². The standard InChI is InChI=1S/C19H23F2N5.HI/c1-22-19(24-7-5-15-12-16(20)14-17(21)13-15)26-10-8-25(9-11-26)18-4-2-3-6-23-18;/h2-4,6,12-14H,5,7-11H2,1H3,(H,22,24);1H. The maximum Gasteiger partial charge on any atom is 0.193 e. The van der Waals surface area contributed by atoms with Crippen LogP contribution in [0.15, 0.2) is 47.6 Å². The molecule has 0 unspecified atom stereocenters. The van der Waals surface area contributed by atoms with Crippen LogP contribution in [0.3, 0.4) is 0 Å². The molecule has 5 nitrogen and oxygen atoms in total. The van der Waals surface area contributed by atoms with Gasteiger partial charge in [-0.15, -0.1) is 24.0 Å².